The molecule has 3 aromatic carbocycles. The maximum absolute atomic E-state index is 13.0. The van der Waals surface area contributed by atoms with Crippen LogP contribution in [0.1, 0.15) is 11.1 Å². The summed E-state index contributed by atoms with van der Waals surface area (Å²) in [5, 5.41) is 11.8. The fraction of sp³-hybridized carbons (Fsp3) is 0.111. The van der Waals surface area contributed by atoms with Crippen LogP contribution in [0.3, 0.4) is 0 Å². The number of anilines is 1. The topological polar surface area (TPSA) is 57.6 Å². The Bertz CT molecular complexity index is 1020. The quantitative estimate of drug-likeness (QED) is 0.784. The third-order valence-electron chi connectivity index (χ3n) is 4.29. The number of hydrogen-bond acceptors (Lipinski definition) is 3. The van der Waals surface area contributed by atoms with Crippen LogP contribution in [0.15, 0.2) is 59.5 Å². The van der Waals surface area contributed by atoms with Gasteiger partial charge in [0.05, 0.1) is 17.1 Å². The number of aryl methyl sites for hydroxylation is 1. The minimum Gasteiger partial charge on any atom is -0.508 e. The van der Waals surface area contributed by atoms with Crippen LogP contribution < -0.4 is 4.31 Å². The van der Waals surface area contributed by atoms with E-state index in [1.165, 1.54) is 4.31 Å². The Hall–Kier alpha value is -2.53. The molecule has 0 amide bonds. The van der Waals surface area contributed by atoms with Crippen molar-refractivity contribution in [3.63, 3.8) is 0 Å². The first-order valence-corrected chi connectivity index (χ1v) is 8.75. The van der Waals surface area contributed by atoms with Gasteiger partial charge in [0.25, 0.3) is 10.0 Å². The number of phenolic OH excluding ortho intramolecular Hbond substituents is 1. The van der Waals surface area contributed by atoms with E-state index in [1.54, 1.807) is 42.5 Å². The average Bonchev–Trinajstić information content (AvgIpc) is 2.94. The minimum absolute atomic E-state index is 0.131. The van der Waals surface area contributed by atoms with Crippen molar-refractivity contribution in [3.8, 4) is 5.75 Å². The maximum atomic E-state index is 13.0. The average molecular weight is 325 g/mol. The van der Waals surface area contributed by atoms with Crippen molar-refractivity contribution in [1.82, 2.24) is 0 Å². The zero-order valence-corrected chi connectivity index (χ0v) is 13.3. The maximum Gasteiger partial charge on any atom is 0.264 e. The molecule has 0 atom stereocenters. The van der Waals surface area contributed by atoms with Crippen molar-refractivity contribution < 1.29 is 13.5 Å². The molecule has 0 saturated carbocycles. The van der Waals surface area contributed by atoms with E-state index in [-0.39, 0.29) is 17.2 Å². The minimum atomic E-state index is -3.66. The number of phenols is 1. The molecule has 0 fully saturated rings. The highest BCUT2D eigenvalue weighted by atomic mass is 32.2. The second-order valence-corrected chi connectivity index (χ2v) is 7.63. The summed E-state index contributed by atoms with van der Waals surface area (Å²) in [4.78, 5) is 0.257. The van der Waals surface area contributed by atoms with Crippen LogP contribution in [0.5, 0.6) is 5.75 Å². The second-order valence-electron chi connectivity index (χ2n) is 5.76. The highest BCUT2D eigenvalue weighted by molar-refractivity contribution is 7.92. The first-order valence-electron chi connectivity index (χ1n) is 7.31. The summed E-state index contributed by atoms with van der Waals surface area (Å²) >= 11 is 0. The van der Waals surface area contributed by atoms with Crippen molar-refractivity contribution >= 4 is 26.5 Å². The lowest BCUT2D eigenvalue weighted by atomic mass is 10.1. The fourth-order valence-corrected chi connectivity index (χ4v) is 4.52. The molecule has 0 aromatic heterocycles. The molecule has 116 valence electrons. The SMILES string of the molecule is Cc1ccc(S(=O)(=O)N2Cc3c(O)ccc4cccc2c34)cc1. The molecule has 5 heteroatoms. The number of aromatic hydroxyl groups is 1. The molecule has 23 heavy (non-hydrogen) atoms. The summed E-state index contributed by atoms with van der Waals surface area (Å²) in [7, 11) is -3.66. The van der Waals surface area contributed by atoms with Gasteiger partial charge in [-0.2, -0.15) is 0 Å². The Labute approximate surface area is 134 Å². The zero-order valence-electron chi connectivity index (χ0n) is 12.5. The molecule has 0 bridgehead atoms. The van der Waals surface area contributed by atoms with Gasteiger partial charge in [0, 0.05) is 10.9 Å². The number of rotatable bonds is 2. The second kappa shape index (κ2) is 4.73. The smallest absolute Gasteiger partial charge is 0.264 e. The molecule has 3 aromatic rings. The van der Waals surface area contributed by atoms with Gasteiger partial charge in [-0.15, -0.1) is 0 Å². The van der Waals surface area contributed by atoms with Crippen LogP contribution in [0.4, 0.5) is 5.69 Å². The number of hydrogen-bond donors (Lipinski definition) is 1. The van der Waals surface area contributed by atoms with Crippen molar-refractivity contribution in [2.75, 3.05) is 4.31 Å². The number of benzene rings is 3. The van der Waals surface area contributed by atoms with E-state index in [2.05, 4.69) is 0 Å². The van der Waals surface area contributed by atoms with Crippen LogP contribution in [0, 0.1) is 6.92 Å². The van der Waals surface area contributed by atoms with E-state index in [9.17, 15) is 13.5 Å². The van der Waals surface area contributed by atoms with Crippen LogP contribution in [-0.2, 0) is 16.6 Å². The molecule has 0 spiro atoms. The van der Waals surface area contributed by atoms with E-state index in [0.29, 0.717) is 11.3 Å². The molecule has 4 rings (SSSR count). The van der Waals surface area contributed by atoms with Crippen molar-refractivity contribution in [2.45, 2.75) is 18.4 Å². The molecule has 0 unspecified atom stereocenters. The van der Waals surface area contributed by atoms with Gasteiger partial charge in [-0.05, 0) is 36.6 Å². The third kappa shape index (κ3) is 2.00. The highest BCUT2D eigenvalue weighted by Crippen LogP contribution is 2.43. The van der Waals surface area contributed by atoms with Crippen LogP contribution in [0.25, 0.3) is 10.8 Å². The fourth-order valence-electron chi connectivity index (χ4n) is 3.07. The summed E-state index contributed by atoms with van der Waals surface area (Å²) in [5.41, 5.74) is 2.29. The summed E-state index contributed by atoms with van der Waals surface area (Å²) in [6.07, 6.45) is 0. The summed E-state index contributed by atoms with van der Waals surface area (Å²) in [6.45, 7) is 2.07. The normalized spacial score (nSPS) is 13.7. The molecule has 0 radical (unpaired) electrons. The van der Waals surface area contributed by atoms with Crippen LogP contribution in [-0.4, -0.2) is 13.5 Å². The molecular formula is C18H15NO3S. The standard InChI is InChI=1S/C18H15NO3S/c1-12-5-8-14(9-6-12)23(21,22)19-11-15-17(20)10-7-13-3-2-4-16(19)18(13)15/h2-10,20H,11H2,1H3. The van der Waals surface area contributed by atoms with Gasteiger partial charge in [0.2, 0.25) is 0 Å². The van der Waals surface area contributed by atoms with E-state index in [1.807, 2.05) is 19.1 Å². The van der Waals surface area contributed by atoms with Gasteiger partial charge in [-0.3, -0.25) is 4.31 Å². The lowest BCUT2D eigenvalue weighted by molar-refractivity contribution is 0.470. The van der Waals surface area contributed by atoms with Gasteiger partial charge < -0.3 is 5.11 Å². The monoisotopic (exact) mass is 325 g/mol. The molecule has 0 saturated heterocycles. The largest absolute Gasteiger partial charge is 0.508 e. The summed E-state index contributed by atoms with van der Waals surface area (Å²) in [6, 6.07) is 15.8. The van der Waals surface area contributed by atoms with E-state index in [4.69, 9.17) is 0 Å². The Morgan fingerprint density at radius 3 is 2.48 bits per heavy atom. The molecule has 1 heterocycles. The Kier molecular flexibility index (Phi) is 2.90. The predicted molar refractivity (Wildman–Crippen MR) is 90.2 cm³/mol. The van der Waals surface area contributed by atoms with Gasteiger partial charge in [-0.25, -0.2) is 8.42 Å². The van der Waals surface area contributed by atoms with Crippen molar-refractivity contribution in [1.29, 1.82) is 0 Å². The van der Waals surface area contributed by atoms with Gasteiger partial charge in [0.1, 0.15) is 5.75 Å². The number of nitrogens with zero attached hydrogens (tertiary/aromatic N) is 1. The molecule has 4 nitrogen and oxygen atoms in total. The van der Waals surface area contributed by atoms with Crippen LogP contribution >= 0.6 is 0 Å². The van der Waals surface area contributed by atoms with Crippen LogP contribution in [0.2, 0.25) is 0 Å². The Morgan fingerprint density at radius 2 is 1.74 bits per heavy atom. The van der Waals surface area contributed by atoms with Gasteiger partial charge in [0.15, 0.2) is 0 Å². The first kappa shape index (κ1) is 14.1. The van der Waals surface area contributed by atoms with E-state index >= 15 is 0 Å². The van der Waals surface area contributed by atoms with Gasteiger partial charge >= 0.3 is 0 Å². The summed E-state index contributed by atoms with van der Waals surface area (Å²) < 4.78 is 27.4. The molecule has 1 aliphatic heterocycles. The predicted octanol–water partition coefficient (Wildman–Crippen LogP) is 3.56. The van der Waals surface area contributed by atoms with Crippen molar-refractivity contribution in [2.24, 2.45) is 0 Å². The van der Waals surface area contributed by atoms with Gasteiger partial charge in [-0.1, -0.05) is 35.9 Å². The molecule has 1 N–H and O–H groups in total. The zero-order chi connectivity index (χ0) is 16.2. The van der Waals surface area contributed by atoms with E-state index in [0.717, 1.165) is 16.3 Å². The summed E-state index contributed by atoms with van der Waals surface area (Å²) in [5.74, 6) is 0.131. The third-order valence-corrected chi connectivity index (χ3v) is 6.06. The first-order chi connectivity index (χ1) is 11.0. The lowest BCUT2D eigenvalue weighted by Gasteiger charge is -2.19. The highest BCUT2D eigenvalue weighted by Gasteiger charge is 2.33. The Morgan fingerprint density at radius 1 is 1.00 bits per heavy atom. The Balaban J connectivity index is 1.91. The lowest BCUT2D eigenvalue weighted by Crippen LogP contribution is -2.27. The van der Waals surface area contributed by atoms with E-state index < -0.39 is 10.0 Å². The molecular weight excluding hydrogens is 310 g/mol. The number of sulfonamides is 1. The molecule has 1 aliphatic rings. The van der Waals surface area contributed by atoms with Crippen molar-refractivity contribution in [3.05, 3.63) is 65.7 Å². The molecule has 0 aliphatic carbocycles.